The van der Waals surface area contributed by atoms with Crippen molar-refractivity contribution in [3.63, 3.8) is 0 Å². The molecule has 2 aliphatic rings. The molecule has 4 aromatic rings. The third-order valence-corrected chi connectivity index (χ3v) is 8.87. The Bertz CT molecular complexity index is 1530. The number of para-hydroxylation sites is 1. The first-order valence-corrected chi connectivity index (χ1v) is 15.3. The molecule has 1 unspecified atom stereocenters. The van der Waals surface area contributed by atoms with Crippen molar-refractivity contribution in [3.8, 4) is 11.3 Å². The van der Waals surface area contributed by atoms with Crippen LogP contribution >= 0.6 is 0 Å². The molecule has 2 saturated heterocycles. The van der Waals surface area contributed by atoms with Crippen LogP contribution < -0.4 is 5.32 Å². The Morgan fingerprint density at radius 3 is 2.36 bits per heavy atom. The fraction of sp³-hybridized carbons (Fsp3) is 0.361. The molecule has 0 spiro atoms. The second-order valence-corrected chi connectivity index (χ2v) is 11.5. The van der Waals surface area contributed by atoms with E-state index in [4.69, 9.17) is 9.72 Å². The number of nitrogens with zero attached hydrogens (tertiary/aromatic N) is 2. The second kappa shape index (κ2) is 12.9. The van der Waals surface area contributed by atoms with Crippen LogP contribution in [-0.2, 0) is 16.0 Å². The SMILES string of the molecule is CC[C@H](NC(=O)c1c(CC2CCN(C3CCOCC3)C(=O)C2)c(-c2ccccc2)nc2ccccc12)c1ccccc1. The summed E-state index contributed by atoms with van der Waals surface area (Å²) in [7, 11) is 0. The fourth-order valence-electron chi connectivity index (χ4n) is 6.64. The molecule has 6 rings (SSSR count). The maximum Gasteiger partial charge on any atom is 0.252 e. The summed E-state index contributed by atoms with van der Waals surface area (Å²) in [6, 6.07) is 28.3. The summed E-state index contributed by atoms with van der Waals surface area (Å²) >= 11 is 0. The lowest BCUT2D eigenvalue weighted by Crippen LogP contribution is -2.47. The van der Waals surface area contributed by atoms with E-state index < -0.39 is 0 Å². The van der Waals surface area contributed by atoms with Crippen molar-refractivity contribution in [2.75, 3.05) is 19.8 Å². The normalized spacial score (nSPS) is 18.6. The number of aromatic nitrogens is 1. The van der Waals surface area contributed by atoms with Crippen LogP contribution in [0.4, 0.5) is 0 Å². The summed E-state index contributed by atoms with van der Waals surface area (Å²) in [5.41, 5.74) is 5.29. The van der Waals surface area contributed by atoms with Crippen molar-refractivity contribution in [1.29, 1.82) is 0 Å². The van der Waals surface area contributed by atoms with Gasteiger partial charge in [-0.15, -0.1) is 0 Å². The smallest absolute Gasteiger partial charge is 0.252 e. The number of ether oxygens (including phenoxy) is 1. The van der Waals surface area contributed by atoms with Crippen molar-refractivity contribution < 1.29 is 14.3 Å². The van der Waals surface area contributed by atoms with E-state index in [2.05, 4.69) is 41.4 Å². The largest absolute Gasteiger partial charge is 0.381 e. The molecule has 2 atom stereocenters. The molecule has 3 aromatic carbocycles. The van der Waals surface area contributed by atoms with Gasteiger partial charge in [0.15, 0.2) is 0 Å². The van der Waals surface area contributed by atoms with Gasteiger partial charge in [-0.3, -0.25) is 9.59 Å². The minimum atomic E-state index is -0.108. The van der Waals surface area contributed by atoms with E-state index in [1.54, 1.807) is 0 Å². The molecule has 1 N–H and O–H groups in total. The molecule has 2 amide bonds. The zero-order chi connectivity index (χ0) is 28.9. The molecule has 6 nitrogen and oxygen atoms in total. The number of pyridine rings is 1. The molecule has 216 valence electrons. The Labute approximate surface area is 248 Å². The lowest BCUT2D eigenvalue weighted by molar-refractivity contribution is -0.139. The van der Waals surface area contributed by atoms with Gasteiger partial charge >= 0.3 is 0 Å². The first-order valence-electron chi connectivity index (χ1n) is 15.3. The van der Waals surface area contributed by atoms with Crippen molar-refractivity contribution in [2.24, 2.45) is 5.92 Å². The molecule has 42 heavy (non-hydrogen) atoms. The number of hydrogen-bond donors (Lipinski definition) is 1. The molecule has 3 heterocycles. The molecule has 0 aliphatic carbocycles. The second-order valence-electron chi connectivity index (χ2n) is 11.5. The number of nitrogens with one attached hydrogen (secondary N) is 1. The van der Waals surface area contributed by atoms with Crippen molar-refractivity contribution in [1.82, 2.24) is 15.2 Å². The van der Waals surface area contributed by atoms with Gasteiger partial charge in [-0.2, -0.15) is 0 Å². The number of likely N-dealkylation sites (tertiary alicyclic amines) is 1. The highest BCUT2D eigenvalue weighted by Gasteiger charge is 2.33. The van der Waals surface area contributed by atoms with Gasteiger partial charge in [0.2, 0.25) is 5.91 Å². The van der Waals surface area contributed by atoms with E-state index in [1.807, 2.05) is 60.7 Å². The Hall–Kier alpha value is -4.03. The van der Waals surface area contributed by atoms with Crippen LogP contribution in [0.2, 0.25) is 0 Å². The van der Waals surface area contributed by atoms with Crippen LogP contribution in [0.25, 0.3) is 22.2 Å². The topological polar surface area (TPSA) is 71.5 Å². The summed E-state index contributed by atoms with van der Waals surface area (Å²) in [6.07, 6.45) is 4.62. The Kier molecular flexibility index (Phi) is 8.61. The van der Waals surface area contributed by atoms with E-state index in [1.165, 1.54) is 0 Å². The highest BCUT2D eigenvalue weighted by molar-refractivity contribution is 6.09. The number of amides is 2. The molecule has 0 saturated carbocycles. The molecule has 0 radical (unpaired) electrons. The van der Waals surface area contributed by atoms with Crippen LogP contribution in [0.5, 0.6) is 0 Å². The van der Waals surface area contributed by atoms with Gasteiger partial charge in [0.1, 0.15) is 0 Å². The predicted octanol–water partition coefficient (Wildman–Crippen LogP) is 6.74. The first kappa shape index (κ1) is 28.1. The van der Waals surface area contributed by atoms with Gasteiger partial charge in [-0.05, 0) is 55.2 Å². The highest BCUT2D eigenvalue weighted by atomic mass is 16.5. The van der Waals surface area contributed by atoms with E-state index >= 15 is 0 Å². The van der Waals surface area contributed by atoms with Crippen molar-refractivity contribution in [3.05, 3.63) is 102 Å². The molecule has 2 fully saturated rings. The maximum atomic E-state index is 14.3. The van der Waals surface area contributed by atoms with E-state index in [0.29, 0.717) is 18.4 Å². The molecule has 6 heteroatoms. The number of piperidine rings is 1. The van der Waals surface area contributed by atoms with Gasteiger partial charge in [-0.1, -0.05) is 85.8 Å². The third-order valence-electron chi connectivity index (χ3n) is 8.87. The average Bonchev–Trinajstić information content (AvgIpc) is 3.04. The molecular formula is C36H39N3O3. The first-order chi connectivity index (χ1) is 20.6. The molecule has 1 aromatic heterocycles. The lowest BCUT2D eigenvalue weighted by atomic mass is 9.84. The highest BCUT2D eigenvalue weighted by Crippen LogP contribution is 2.35. The van der Waals surface area contributed by atoms with Crippen LogP contribution in [0.3, 0.4) is 0 Å². The van der Waals surface area contributed by atoms with Gasteiger partial charge in [0, 0.05) is 43.2 Å². The predicted molar refractivity (Wildman–Crippen MR) is 166 cm³/mol. The van der Waals surface area contributed by atoms with E-state index in [9.17, 15) is 9.59 Å². The van der Waals surface area contributed by atoms with Gasteiger partial charge in [-0.25, -0.2) is 4.98 Å². The monoisotopic (exact) mass is 561 g/mol. The minimum absolute atomic E-state index is 0.0950. The summed E-state index contributed by atoms with van der Waals surface area (Å²) in [5, 5.41) is 4.20. The van der Waals surface area contributed by atoms with Crippen molar-refractivity contribution in [2.45, 2.75) is 57.5 Å². The Balaban J connectivity index is 1.39. The van der Waals surface area contributed by atoms with E-state index in [0.717, 1.165) is 78.7 Å². The summed E-state index contributed by atoms with van der Waals surface area (Å²) in [5.74, 6) is 0.262. The number of fused-ring (bicyclic) bond motifs is 1. The molecule has 0 bridgehead atoms. The Morgan fingerprint density at radius 2 is 1.64 bits per heavy atom. The van der Waals surface area contributed by atoms with Crippen LogP contribution in [0.15, 0.2) is 84.9 Å². The van der Waals surface area contributed by atoms with Crippen LogP contribution in [-0.4, -0.2) is 47.5 Å². The fourth-order valence-corrected chi connectivity index (χ4v) is 6.64. The number of benzene rings is 3. The Morgan fingerprint density at radius 1 is 0.952 bits per heavy atom. The third kappa shape index (κ3) is 5.95. The summed E-state index contributed by atoms with van der Waals surface area (Å²) < 4.78 is 5.53. The zero-order valence-electron chi connectivity index (χ0n) is 24.3. The van der Waals surface area contributed by atoms with Crippen LogP contribution in [0, 0.1) is 5.92 Å². The number of carbonyl (C=O) groups excluding carboxylic acids is 2. The average molecular weight is 562 g/mol. The van der Waals surface area contributed by atoms with Gasteiger partial charge in [0.05, 0.1) is 22.8 Å². The number of rotatable bonds is 8. The van der Waals surface area contributed by atoms with Crippen molar-refractivity contribution >= 4 is 22.7 Å². The zero-order valence-corrected chi connectivity index (χ0v) is 24.3. The lowest BCUT2D eigenvalue weighted by Gasteiger charge is -2.39. The molecular weight excluding hydrogens is 522 g/mol. The minimum Gasteiger partial charge on any atom is -0.381 e. The standard InChI is InChI=1S/C36H39N3O3/c1-2-31(26-11-5-3-6-12-26)38-36(41)34-29-15-9-10-16-32(29)37-35(27-13-7-4-8-14-27)30(34)23-25-17-20-39(33(40)24-25)28-18-21-42-22-19-28/h3-16,25,28,31H,2,17-24H2,1H3,(H,38,41)/t25?,31-/m0/s1. The maximum absolute atomic E-state index is 14.3. The van der Waals surface area contributed by atoms with Gasteiger partial charge < -0.3 is 15.0 Å². The number of hydrogen-bond acceptors (Lipinski definition) is 4. The summed E-state index contributed by atoms with van der Waals surface area (Å²) in [4.78, 5) is 35.0. The van der Waals surface area contributed by atoms with Gasteiger partial charge in [0.25, 0.3) is 5.91 Å². The summed E-state index contributed by atoms with van der Waals surface area (Å²) in [6.45, 7) is 4.29. The quantitative estimate of drug-likeness (QED) is 0.259. The number of carbonyl (C=O) groups is 2. The molecule has 2 aliphatic heterocycles. The van der Waals surface area contributed by atoms with E-state index in [-0.39, 0.29) is 29.8 Å². The van der Waals surface area contributed by atoms with Crippen LogP contribution in [0.1, 0.15) is 66.6 Å².